The van der Waals surface area contributed by atoms with Crippen LogP contribution in [0.4, 0.5) is 5.13 Å². The topological polar surface area (TPSA) is 70.6 Å². The summed E-state index contributed by atoms with van der Waals surface area (Å²) in [5.41, 5.74) is 3.11. The number of carbonyl (C=O) groups excluding carboxylic acids is 1. The molecule has 1 amide bonds. The van der Waals surface area contributed by atoms with E-state index in [1.54, 1.807) is 21.3 Å². The summed E-state index contributed by atoms with van der Waals surface area (Å²) in [5, 5.41) is 1.19. The van der Waals surface area contributed by atoms with E-state index in [0.29, 0.717) is 35.4 Å². The van der Waals surface area contributed by atoms with Gasteiger partial charge in [0.25, 0.3) is 5.91 Å². The summed E-state index contributed by atoms with van der Waals surface area (Å²) in [6, 6.07) is 19.7. The van der Waals surface area contributed by atoms with Gasteiger partial charge in [-0.2, -0.15) is 4.31 Å². The van der Waals surface area contributed by atoms with Crippen molar-refractivity contribution < 1.29 is 13.2 Å². The molecule has 1 heterocycles. The number of benzene rings is 3. The number of rotatable bonds is 12. The smallest absolute Gasteiger partial charge is 0.260 e. The number of hydrogen-bond donors (Lipinski definition) is 0. The van der Waals surface area contributed by atoms with Crippen LogP contribution in [0.1, 0.15) is 61.0 Å². The largest absolute Gasteiger partial charge is 0.279 e. The van der Waals surface area contributed by atoms with E-state index in [4.69, 9.17) is 16.6 Å². The molecule has 0 N–H and O–H groups in total. The van der Waals surface area contributed by atoms with Crippen LogP contribution in [0.3, 0.4) is 0 Å². The number of sulfonamides is 1. The van der Waals surface area contributed by atoms with Gasteiger partial charge in [-0.3, -0.25) is 9.69 Å². The van der Waals surface area contributed by atoms with Gasteiger partial charge in [0, 0.05) is 23.7 Å². The molecule has 0 atom stereocenters. The summed E-state index contributed by atoms with van der Waals surface area (Å²) in [6.45, 7) is 7.36. The van der Waals surface area contributed by atoms with Crippen LogP contribution in [0.5, 0.6) is 0 Å². The first-order valence-electron chi connectivity index (χ1n) is 13.3. The third kappa shape index (κ3) is 6.87. The normalized spacial score (nSPS) is 11.8. The first kappa shape index (κ1) is 29.2. The van der Waals surface area contributed by atoms with E-state index in [2.05, 4.69) is 0 Å². The number of anilines is 1. The zero-order valence-corrected chi connectivity index (χ0v) is 25.0. The van der Waals surface area contributed by atoms with Gasteiger partial charge in [-0.05, 0) is 67.3 Å². The minimum atomic E-state index is -3.65. The second kappa shape index (κ2) is 13.0. The Morgan fingerprint density at radius 1 is 0.949 bits per heavy atom. The molecule has 0 radical (unpaired) electrons. The van der Waals surface area contributed by atoms with Crippen molar-refractivity contribution in [3.8, 4) is 0 Å². The second-order valence-corrected chi connectivity index (χ2v) is 13.0. The molecule has 4 rings (SSSR count). The maximum atomic E-state index is 13.9. The van der Waals surface area contributed by atoms with E-state index >= 15 is 0 Å². The van der Waals surface area contributed by atoms with Crippen molar-refractivity contribution in [3.63, 3.8) is 0 Å². The van der Waals surface area contributed by atoms with Gasteiger partial charge in [-0.1, -0.05) is 80.0 Å². The molecule has 0 unspecified atom stereocenters. The fourth-order valence-corrected chi connectivity index (χ4v) is 7.28. The minimum Gasteiger partial charge on any atom is -0.279 e. The number of thiazole rings is 1. The second-order valence-electron chi connectivity index (χ2n) is 9.58. The SMILES string of the molecule is CCCCN(CCCC)S(=O)(=O)c1ccc(C(=O)N(Cc2ccccc2)c2nc3c(C)cc(Cl)cc3s2)cc1. The Morgan fingerprint density at radius 2 is 1.59 bits per heavy atom. The van der Waals surface area contributed by atoms with Gasteiger partial charge in [0.1, 0.15) is 0 Å². The van der Waals surface area contributed by atoms with E-state index in [-0.39, 0.29) is 10.8 Å². The van der Waals surface area contributed by atoms with E-state index in [0.717, 1.165) is 47.0 Å². The third-order valence-corrected chi connectivity index (χ3v) is 9.72. The first-order chi connectivity index (χ1) is 18.7. The molecule has 4 aromatic rings. The molecular formula is C30H34ClN3O3S2. The monoisotopic (exact) mass is 583 g/mol. The molecule has 0 aliphatic heterocycles. The quantitative estimate of drug-likeness (QED) is 0.171. The molecule has 9 heteroatoms. The molecule has 0 fully saturated rings. The van der Waals surface area contributed by atoms with Crippen molar-refractivity contribution in [3.05, 3.63) is 88.4 Å². The molecule has 0 aliphatic rings. The number of carbonyl (C=O) groups is 1. The predicted molar refractivity (Wildman–Crippen MR) is 161 cm³/mol. The summed E-state index contributed by atoms with van der Waals surface area (Å²) in [7, 11) is -3.65. The van der Waals surface area contributed by atoms with Crippen LogP contribution >= 0.6 is 22.9 Å². The van der Waals surface area contributed by atoms with E-state index in [9.17, 15) is 13.2 Å². The number of hydrogen-bond acceptors (Lipinski definition) is 5. The van der Waals surface area contributed by atoms with Crippen molar-refractivity contribution in [2.45, 2.75) is 57.9 Å². The summed E-state index contributed by atoms with van der Waals surface area (Å²) in [4.78, 5) is 20.5. The average Bonchev–Trinajstić information content (AvgIpc) is 3.36. The van der Waals surface area contributed by atoms with E-state index < -0.39 is 10.0 Å². The number of aromatic nitrogens is 1. The molecule has 206 valence electrons. The Labute approximate surface area is 240 Å². The van der Waals surface area contributed by atoms with Crippen molar-refractivity contribution in [1.82, 2.24) is 9.29 Å². The Balaban J connectivity index is 1.67. The number of nitrogens with zero attached hydrogens (tertiary/aromatic N) is 3. The van der Waals surface area contributed by atoms with Crippen molar-refractivity contribution >= 4 is 54.2 Å². The van der Waals surface area contributed by atoms with Crippen LogP contribution in [-0.4, -0.2) is 36.7 Å². The van der Waals surface area contributed by atoms with E-state index in [1.807, 2.05) is 63.2 Å². The van der Waals surface area contributed by atoms with Crippen LogP contribution in [0.15, 0.2) is 71.6 Å². The molecular weight excluding hydrogens is 550 g/mol. The number of fused-ring (bicyclic) bond motifs is 1. The third-order valence-electron chi connectivity index (χ3n) is 6.56. The summed E-state index contributed by atoms with van der Waals surface area (Å²) in [5.74, 6) is -0.251. The van der Waals surface area contributed by atoms with Gasteiger partial charge in [0.2, 0.25) is 10.0 Å². The number of amides is 1. The van der Waals surface area contributed by atoms with E-state index in [1.165, 1.54) is 23.5 Å². The standard InChI is InChI=1S/C30H34ClN3O3S2/c1-4-6-17-33(18-7-5-2)39(36,37)26-15-13-24(14-16-26)29(35)34(21-23-11-9-8-10-12-23)30-32-28-22(3)19-25(31)20-27(28)38-30/h8-16,19-20H,4-7,17-18,21H2,1-3H3. The zero-order chi connectivity index (χ0) is 28.0. The Hall–Kier alpha value is -2.78. The Morgan fingerprint density at radius 3 is 2.21 bits per heavy atom. The van der Waals surface area contributed by atoms with Crippen LogP contribution < -0.4 is 4.90 Å². The van der Waals surface area contributed by atoms with Gasteiger partial charge in [0.15, 0.2) is 5.13 Å². The van der Waals surface area contributed by atoms with Crippen LogP contribution in [0, 0.1) is 6.92 Å². The maximum absolute atomic E-state index is 13.9. The summed E-state index contributed by atoms with van der Waals surface area (Å²) >= 11 is 7.69. The Bertz CT molecular complexity index is 1510. The molecule has 0 bridgehead atoms. The molecule has 0 spiro atoms. The molecule has 3 aromatic carbocycles. The molecule has 0 saturated carbocycles. The summed E-state index contributed by atoms with van der Waals surface area (Å²) < 4.78 is 29.3. The fraction of sp³-hybridized carbons (Fsp3) is 0.333. The predicted octanol–water partition coefficient (Wildman–Crippen LogP) is 7.70. The fourth-order valence-electron chi connectivity index (χ4n) is 4.35. The number of halogens is 1. The zero-order valence-electron chi connectivity index (χ0n) is 22.6. The molecule has 0 saturated heterocycles. The van der Waals surface area contributed by atoms with Gasteiger partial charge in [0.05, 0.1) is 21.7 Å². The van der Waals surface area contributed by atoms with Gasteiger partial charge in [-0.15, -0.1) is 0 Å². The van der Waals surface area contributed by atoms with Gasteiger partial charge in [-0.25, -0.2) is 13.4 Å². The lowest BCUT2D eigenvalue weighted by Crippen LogP contribution is -2.33. The highest BCUT2D eigenvalue weighted by Crippen LogP contribution is 2.34. The van der Waals surface area contributed by atoms with Crippen molar-refractivity contribution in [2.24, 2.45) is 0 Å². The number of unbranched alkanes of at least 4 members (excludes halogenated alkanes) is 2. The molecule has 39 heavy (non-hydrogen) atoms. The molecule has 1 aromatic heterocycles. The number of aryl methyl sites for hydroxylation is 1. The lowest BCUT2D eigenvalue weighted by Gasteiger charge is -2.23. The van der Waals surface area contributed by atoms with Crippen molar-refractivity contribution in [1.29, 1.82) is 0 Å². The minimum absolute atomic E-state index is 0.200. The van der Waals surface area contributed by atoms with Gasteiger partial charge >= 0.3 is 0 Å². The highest BCUT2D eigenvalue weighted by molar-refractivity contribution is 7.89. The first-order valence-corrected chi connectivity index (χ1v) is 15.9. The maximum Gasteiger partial charge on any atom is 0.260 e. The van der Waals surface area contributed by atoms with Crippen molar-refractivity contribution in [2.75, 3.05) is 18.0 Å². The molecule has 6 nitrogen and oxygen atoms in total. The van der Waals surface area contributed by atoms with Crippen LogP contribution in [0.25, 0.3) is 10.2 Å². The van der Waals surface area contributed by atoms with Crippen LogP contribution in [0.2, 0.25) is 5.02 Å². The molecule has 0 aliphatic carbocycles. The lowest BCUT2D eigenvalue weighted by atomic mass is 10.1. The summed E-state index contributed by atoms with van der Waals surface area (Å²) in [6.07, 6.45) is 3.45. The lowest BCUT2D eigenvalue weighted by molar-refractivity contribution is 0.0985. The highest BCUT2D eigenvalue weighted by atomic mass is 35.5. The highest BCUT2D eigenvalue weighted by Gasteiger charge is 2.26. The van der Waals surface area contributed by atoms with Gasteiger partial charge < -0.3 is 0 Å². The average molecular weight is 584 g/mol. The van der Waals surface area contributed by atoms with Crippen LogP contribution in [-0.2, 0) is 16.6 Å². The Kier molecular flexibility index (Phi) is 9.77.